The molecule has 0 radical (unpaired) electrons. The lowest BCUT2D eigenvalue weighted by molar-refractivity contribution is -0.140. The molecule has 0 saturated carbocycles. The molecule has 1 unspecified atom stereocenters. The van der Waals surface area contributed by atoms with E-state index < -0.39 is 30.0 Å². The van der Waals surface area contributed by atoms with Crippen LogP contribution in [0.1, 0.15) is 32.3 Å². The first kappa shape index (κ1) is 26.3. The van der Waals surface area contributed by atoms with Crippen LogP contribution in [0, 0.1) is 0 Å². The van der Waals surface area contributed by atoms with Crippen LogP contribution >= 0.6 is 11.9 Å². The van der Waals surface area contributed by atoms with Gasteiger partial charge in [-0.25, -0.2) is 0 Å². The predicted octanol–water partition coefficient (Wildman–Crippen LogP) is 2.59. The molecule has 4 N–H and O–H groups in total. The van der Waals surface area contributed by atoms with E-state index in [4.69, 9.17) is 5.73 Å². The van der Waals surface area contributed by atoms with Crippen LogP contribution in [0.4, 0.5) is 18.9 Å². The molecule has 0 spiro atoms. The number of nitrogens with one attached hydrogen (secondary N) is 2. The number of hydrogen-bond donors (Lipinski definition) is 3. The van der Waals surface area contributed by atoms with Gasteiger partial charge in [-0.2, -0.15) is 13.2 Å². The van der Waals surface area contributed by atoms with E-state index in [-0.39, 0.29) is 12.5 Å². The SMILES string of the molecule is CCN(C(C)=O)C(SNc1ccc(CCN2CCCC2)cc1)[C@H](N)C(=O)NCC(F)(F)F. The van der Waals surface area contributed by atoms with Gasteiger partial charge in [0.1, 0.15) is 18.0 Å². The Morgan fingerprint density at radius 1 is 1.22 bits per heavy atom. The summed E-state index contributed by atoms with van der Waals surface area (Å²) in [6.45, 7) is 5.14. The van der Waals surface area contributed by atoms with E-state index in [9.17, 15) is 22.8 Å². The number of carbonyl (C=O) groups is 2. The van der Waals surface area contributed by atoms with E-state index in [1.807, 2.05) is 24.3 Å². The second-order valence-electron chi connectivity index (χ2n) is 7.77. The van der Waals surface area contributed by atoms with Gasteiger partial charge in [0.25, 0.3) is 0 Å². The van der Waals surface area contributed by atoms with Crippen molar-refractivity contribution in [1.82, 2.24) is 15.1 Å². The van der Waals surface area contributed by atoms with Gasteiger partial charge in [0.2, 0.25) is 11.8 Å². The number of anilines is 1. The van der Waals surface area contributed by atoms with Crippen molar-refractivity contribution < 1.29 is 22.8 Å². The summed E-state index contributed by atoms with van der Waals surface area (Å²) in [4.78, 5) is 28.0. The molecule has 11 heteroatoms. The molecule has 0 bridgehead atoms. The number of alkyl halides is 3. The Morgan fingerprint density at radius 2 is 1.84 bits per heavy atom. The van der Waals surface area contributed by atoms with Crippen LogP contribution in [-0.2, 0) is 16.0 Å². The van der Waals surface area contributed by atoms with Crippen LogP contribution in [0.25, 0.3) is 0 Å². The molecule has 1 aromatic rings. The van der Waals surface area contributed by atoms with E-state index in [0.29, 0.717) is 0 Å². The van der Waals surface area contributed by atoms with Gasteiger partial charge in [0.05, 0.1) is 0 Å². The standard InChI is InChI=1S/C21H32F3N5O2S/c1-3-29(15(2)30)20(18(25)19(31)26-14-21(22,23)24)32-27-17-8-6-16(7-9-17)10-13-28-11-4-5-12-28/h6-9,18,20,27H,3-5,10-14,25H2,1-2H3,(H,26,31)/t18-,20?/m1/s1. The first-order valence-corrected chi connectivity index (χ1v) is 11.6. The lowest BCUT2D eigenvalue weighted by Gasteiger charge is -2.33. The zero-order valence-corrected chi connectivity index (χ0v) is 19.3. The van der Waals surface area contributed by atoms with Gasteiger partial charge in [-0.05, 0) is 68.9 Å². The molecule has 32 heavy (non-hydrogen) atoms. The van der Waals surface area contributed by atoms with Crippen molar-refractivity contribution in [3.8, 4) is 0 Å². The molecule has 2 atom stereocenters. The Kier molecular flexibility index (Phi) is 10.1. The molecule has 1 heterocycles. The Morgan fingerprint density at radius 3 is 2.38 bits per heavy atom. The quantitative estimate of drug-likeness (QED) is 0.337. The molecule has 1 aliphatic rings. The molecule has 0 aromatic heterocycles. The Balaban J connectivity index is 1.97. The maximum absolute atomic E-state index is 12.4. The first-order valence-electron chi connectivity index (χ1n) is 10.7. The van der Waals surface area contributed by atoms with Crippen molar-refractivity contribution in [3.05, 3.63) is 29.8 Å². The minimum atomic E-state index is -4.54. The third-order valence-corrected chi connectivity index (χ3v) is 6.43. The summed E-state index contributed by atoms with van der Waals surface area (Å²) in [6, 6.07) is 6.45. The van der Waals surface area contributed by atoms with Gasteiger partial charge in [-0.15, -0.1) is 0 Å². The lowest BCUT2D eigenvalue weighted by atomic mass is 10.1. The second-order valence-corrected chi connectivity index (χ2v) is 8.69. The average Bonchev–Trinajstić information content (AvgIpc) is 3.26. The highest BCUT2D eigenvalue weighted by Crippen LogP contribution is 2.23. The topological polar surface area (TPSA) is 90.7 Å². The minimum absolute atomic E-state index is 0.254. The lowest BCUT2D eigenvalue weighted by Crippen LogP contribution is -2.56. The van der Waals surface area contributed by atoms with Gasteiger partial charge < -0.3 is 25.6 Å². The Hall–Kier alpha value is -1.98. The van der Waals surface area contributed by atoms with Crippen LogP contribution in [0.5, 0.6) is 0 Å². The zero-order valence-electron chi connectivity index (χ0n) is 18.5. The van der Waals surface area contributed by atoms with Gasteiger partial charge in [0, 0.05) is 25.7 Å². The highest BCUT2D eigenvalue weighted by Gasteiger charge is 2.34. The number of nitrogens with two attached hydrogens (primary N) is 1. The monoisotopic (exact) mass is 475 g/mol. The molecule has 1 fully saturated rings. The minimum Gasteiger partial charge on any atom is -0.346 e. The molecule has 1 saturated heterocycles. The van der Waals surface area contributed by atoms with E-state index in [2.05, 4.69) is 9.62 Å². The van der Waals surface area contributed by atoms with Crippen LogP contribution in [0.15, 0.2) is 24.3 Å². The van der Waals surface area contributed by atoms with Crippen molar-refractivity contribution in [2.24, 2.45) is 5.73 Å². The fourth-order valence-corrected chi connectivity index (χ4v) is 4.60. The number of likely N-dealkylation sites (N-methyl/N-ethyl adjacent to an activating group) is 1. The normalized spacial score (nSPS) is 16.4. The first-order chi connectivity index (χ1) is 15.1. The number of carbonyl (C=O) groups excluding carboxylic acids is 2. The summed E-state index contributed by atoms with van der Waals surface area (Å²) in [5, 5.41) is 0.903. The van der Waals surface area contributed by atoms with Crippen molar-refractivity contribution in [1.29, 1.82) is 0 Å². The Bertz CT molecular complexity index is 742. The molecule has 0 aliphatic carbocycles. The van der Waals surface area contributed by atoms with Crippen molar-refractivity contribution in [2.75, 3.05) is 37.4 Å². The molecule has 2 rings (SSSR count). The van der Waals surface area contributed by atoms with Gasteiger partial charge in [-0.3, -0.25) is 9.59 Å². The molecule has 1 aliphatic heterocycles. The number of rotatable bonds is 11. The van der Waals surface area contributed by atoms with E-state index in [1.54, 1.807) is 12.2 Å². The molecular weight excluding hydrogens is 443 g/mol. The number of hydrogen-bond acceptors (Lipinski definition) is 6. The number of benzene rings is 1. The largest absolute Gasteiger partial charge is 0.405 e. The predicted molar refractivity (Wildman–Crippen MR) is 121 cm³/mol. The number of amides is 2. The summed E-state index contributed by atoms with van der Waals surface area (Å²) in [7, 11) is 0. The van der Waals surface area contributed by atoms with E-state index >= 15 is 0 Å². The van der Waals surface area contributed by atoms with Gasteiger partial charge in [0.15, 0.2) is 0 Å². The van der Waals surface area contributed by atoms with Crippen molar-refractivity contribution in [3.63, 3.8) is 0 Å². The maximum Gasteiger partial charge on any atom is 0.405 e. The molecule has 7 nitrogen and oxygen atoms in total. The number of nitrogens with zero attached hydrogens (tertiary/aromatic N) is 2. The van der Waals surface area contributed by atoms with Crippen LogP contribution in [0.3, 0.4) is 0 Å². The number of likely N-dealkylation sites (tertiary alicyclic amines) is 1. The zero-order chi connectivity index (χ0) is 23.7. The number of halogens is 3. The fraction of sp³-hybridized carbons (Fsp3) is 0.619. The molecule has 2 amide bonds. The van der Waals surface area contributed by atoms with E-state index in [0.717, 1.165) is 43.7 Å². The third kappa shape index (κ3) is 8.51. The summed E-state index contributed by atoms with van der Waals surface area (Å²) >= 11 is 1.02. The van der Waals surface area contributed by atoms with Crippen molar-refractivity contribution >= 4 is 29.4 Å². The molecule has 180 valence electrons. The highest BCUT2D eigenvalue weighted by atomic mass is 32.2. The Labute approximate surface area is 191 Å². The van der Waals surface area contributed by atoms with Crippen molar-refractivity contribution in [2.45, 2.75) is 50.7 Å². The second kappa shape index (κ2) is 12.3. The van der Waals surface area contributed by atoms with Crippen LogP contribution < -0.4 is 15.8 Å². The summed E-state index contributed by atoms with van der Waals surface area (Å²) < 4.78 is 40.4. The van der Waals surface area contributed by atoms with E-state index in [1.165, 1.54) is 30.2 Å². The maximum atomic E-state index is 12.4. The van der Waals surface area contributed by atoms with Crippen LogP contribution in [-0.4, -0.2) is 71.9 Å². The molecular formula is C21H32F3N5O2S. The van der Waals surface area contributed by atoms with Crippen LogP contribution in [0.2, 0.25) is 0 Å². The fourth-order valence-electron chi connectivity index (χ4n) is 3.51. The summed E-state index contributed by atoms with van der Waals surface area (Å²) in [6.07, 6.45) is -1.08. The molecule has 1 aromatic carbocycles. The van der Waals surface area contributed by atoms with Gasteiger partial charge in [-0.1, -0.05) is 12.1 Å². The smallest absolute Gasteiger partial charge is 0.346 e. The highest BCUT2D eigenvalue weighted by molar-refractivity contribution is 8.01. The summed E-state index contributed by atoms with van der Waals surface area (Å²) in [5.74, 6) is -1.30. The average molecular weight is 476 g/mol. The van der Waals surface area contributed by atoms with Gasteiger partial charge >= 0.3 is 6.18 Å². The third-order valence-electron chi connectivity index (χ3n) is 5.29. The summed E-state index contributed by atoms with van der Waals surface area (Å²) in [5.41, 5.74) is 7.90.